The number of carbonyl (C=O) groups excluding carboxylic acids is 1. The van der Waals surface area contributed by atoms with Gasteiger partial charge < -0.3 is 14.3 Å². The molecule has 0 aromatic heterocycles. The minimum atomic E-state index is -3.40. The predicted molar refractivity (Wildman–Crippen MR) is 127 cm³/mol. The predicted octanol–water partition coefficient (Wildman–Crippen LogP) is 3.96. The van der Waals surface area contributed by atoms with Crippen molar-refractivity contribution in [2.24, 2.45) is 5.92 Å². The fourth-order valence-electron chi connectivity index (χ4n) is 4.06. The highest BCUT2D eigenvalue weighted by Crippen LogP contribution is 2.39. The van der Waals surface area contributed by atoms with Crippen LogP contribution in [0.1, 0.15) is 24.5 Å². The Balaban J connectivity index is 1.73. The first-order valence-electron chi connectivity index (χ1n) is 10.8. The summed E-state index contributed by atoms with van der Waals surface area (Å²) in [6, 6.07) is 15.1. The van der Waals surface area contributed by atoms with Crippen molar-refractivity contribution in [2.75, 3.05) is 12.9 Å². The van der Waals surface area contributed by atoms with E-state index in [9.17, 15) is 23.3 Å². The van der Waals surface area contributed by atoms with Gasteiger partial charge in [0, 0.05) is 6.26 Å². The summed E-state index contributed by atoms with van der Waals surface area (Å²) in [4.78, 5) is 28.2. The number of carbonyl (C=O) groups is 1. The van der Waals surface area contributed by atoms with Crippen molar-refractivity contribution in [3.8, 4) is 0 Å². The van der Waals surface area contributed by atoms with Gasteiger partial charge in [0.25, 0.3) is 11.4 Å². The van der Waals surface area contributed by atoms with Crippen LogP contribution in [0.15, 0.2) is 83.0 Å². The van der Waals surface area contributed by atoms with E-state index in [1.54, 1.807) is 42.5 Å². The molecular formula is C25H23NO8S. The van der Waals surface area contributed by atoms with E-state index < -0.39 is 27.2 Å². The molecule has 0 fully saturated rings. The minimum absolute atomic E-state index is 0.0209. The number of allylic oxidation sites excluding steroid dienone is 2. The van der Waals surface area contributed by atoms with Gasteiger partial charge in [0.05, 0.1) is 16.0 Å². The van der Waals surface area contributed by atoms with E-state index in [-0.39, 0.29) is 17.4 Å². The van der Waals surface area contributed by atoms with Gasteiger partial charge >= 0.3 is 5.97 Å². The molecule has 182 valence electrons. The Kier molecular flexibility index (Phi) is 6.74. The lowest BCUT2D eigenvalue weighted by Crippen LogP contribution is -2.18. The highest BCUT2D eigenvalue weighted by molar-refractivity contribution is 7.90. The molecule has 1 unspecified atom stereocenters. The van der Waals surface area contributed by atoms with Crippen molar-refractivity contribution < 1.29 is 32.6 Å². The number of hydrogen-bond donors (Lipinski definition) is 0. The third-order valence-electron chi connectivity index (χ3n) is 5.56. The number of rotatable bonds is 8. The van der Waals surface area contributed by atoms with Crippen LogP contribution in [0.5, 0.6) is 0 Å². The van der Waals surface area contributed by atoms with Gasteiger partial charge in [-0.05, 0) is 53.3 Å². The molecule has 35 heavy (non-hydrogen) atoms. The van der Waals surface area contributed by atoms with Gasteiger partial charge in [-0.25, -0.2) is 13.2 Å². The average Bonchev–Trinajstić information content (AvgIpc) is 3.12. The zero-order valence-corrected chi connectivity index (χ0v) is 19.9. The van der Waals surface area contributed by atoms with Crippen molar-refractivity contribution >= 4 is 27.0 Å². The normalized spacial score (nSPS) is 20.1. The molecule has 4 rings (SSSR count). The molecule has 2 aromatic rings. The summed E-state index contributed by atoms with van der Waals surface area (Å²) in [5.41, 5.74) is 2.64. The molecule has 1 aliphatic heterocycles. The van der Waals surface area contributed by atoms with Crippen LogP contribution in [-0.2, 0) is 28.9 Å². The lowest BCUT2D eigenvalue weighted by atomic mass is 9.94. The molecule has 0 N–H and O–H groups in total. The second kappa shape index (κ2) is 9.75. The number of cyclic esters (lactones) is 1. The maximum Gasteiger partial charge on any atom is 0.342 e. The van der Waals surface area contributed by atoms with Gasteiger partial charge in [-0.3, -0.25) is 0 Å². The Bertz CT molecular complexity index is 1340. The maximum atomic E-state index is 13.0. The van der Waals surface area contributed by atoms with E-state index in [2.05, 4.69) is 4.84 Å². The Morgan fingerprint density at radius 1 is 1.09 bits per heavy atom. The maximum absolute atomic E-state index is 13.0. The summed E-state index contributed by atoms with van der Waals surface area (Å²) in [7, 11) is -3.40. The SMILES string of the molecule is C[C@@H]1C=C(OC2OC(=O)C(c3ccccc3)=C2c2ccc(S(C)(=O)=O)cc2)C=C(CO[N+](=O)[O-])C1. The summed E-state index contributed by atoms with van der Waals surface area (Å²) in [6.07, 6.45) is 4.06. The number of nitrogens with zero attached hydrogens (tertiary/aromatic N) is 1. The first-order chi connectivity index (χ1) is 16.6. The molecular weight excluding hydrogens is 474 g/mol. The topological polar surface area (TPSA) is 122 Å². The summed E-state index contributed by atoms with van der Waals surface area (Å²) in [5, 5.41) is 9.73. The average molecular weight is 498 g/mol. The van der Waals surface area contributed by atoms with E-state index in [1.807, 2.05) is 19.1 Å². The molecule has 10 heteroatoms. The molecule has 0 saturated heterocycles. The van der Waals surface area contributed by atoms with E-state index in [1.165, 1.54) is 12.1 Å². The van der Waals surface area contributed by atoms with Gasteiger partial charge in [0.1, 0.15) is 12.4 Å². The molecule has 0 bridgehead atoms. The summed E-state index contributed by atoms with van der Waals surface area (Å²) in [6.45, 7) is 1.74. The summed E-state index contributed by atoms with van der Waals surface area (Å²) in [5.74, 6) is -0.163. The van der Waals surface area contributed by atoms with E-state index in [0.29, 0.717) is 40.0 Å². The fourth-order valence-corrected chi connectivity index (χ4v) is 4.69. The molecule has 1 heterocycles. The van der Waals surface area contributed by atoms with Crippen LogP contribution in [0, 0.1) is 16.0 Å². The second-order valence-electron chi connectivity index (χ2n) is 8.36. The smallest absolute Gasteiger partial charge is 0.342 e. The third kappa shape index (κ3) is 5.60. The van der Waals surface area contributed by atoms with Crippen molar-refractivity contribution in [3.63, 3.8) is 0 Å². The van der Waals surface area contributed by atoms with E-state index in [4.69, 9.17) is 9.47 Å². The molecule has 2 aromatic carbocycles. The summed E-state index contributed by atoms with van der Waals surface area (Å²) >= 11 is 0. The Morgan fingerprint density at radius 2 is 1.77 bits per heavy atom. The largest absolute Gasteiger partial charge is 0.451 e. The van der Waals surface area contributed by atoms with Gasteiger partial charge in [-0.1, -0.05) is 49.4 Å². The number of sulfone groups is 1. The quantitative estimate of drug-likeness (QED) is 0.305. The minimum Gasteiger partial charge on any atom is -0.451 e. The lowest BCUT2D eigenvalue weighted by Gasteiger charge is -2.22. The van der Waals surface area contributed by atoms with Gasteiger partial charge in [0.15, 0.2) is 9.84 Å². The molecule has 0 saturated carbocycles. The monoisotopic (exact) mass is 497 g/mol. The molecule has 2 atom stereocenters. The lowest BCUT2D eigenvalue weighted by molar-refractivity contribution is -0.755. The van der Waals surface area contributed by atoms with Crippen molar-refractivity contribution in [2.45, 2.75) is 24.5 Å². The van der Waals surface area contributed by atoms with Crippen LogP contribution >= 0.6 is 0 Å². The standard InChI is InChI=1S/C25H23NO8S/c1-16-12-17(15-32-26(28)29)14-20(13-16)33-25-23(19-8-10-21(11-9-19)35(2,30)31)22(24(27)34-25)18-6-4-3-5-7-18/h3-11,13-14,16,25H,12,15H2,1-2H3/t16-,25?/m0/s1. The van der Waals surface area contributed by atoms with Crippen molar-refractivity contribution in [1.29, 1.82) is 0 Å². The first-order valence-corrected chi connectivity index (χ1v) is 12.7. The third-order valence-corrected chi connectivity index (χ3v) is 6.69. The Labute approximate surface area is 202 Å². The Hall–Kier alpha value is -3.92. The molecule has 0 radical (unpaired) electrons. The Morgan fingerprint density at radius 3 is 2.40 bits per heavy atom. The first kappa shape index (κ1) is 24.2. The molecule has 0 spiro atoms. The van der Waals surface area contributed by atoms with Crippen LogP contribution < -0.4 is 0 Å². The second-order valence-corrected chi connectivity index (χ2v) is 10.4. The van der Waals surface area contributed by atoms with Crippen LogP contribution in [0.2, 0.25) is 0 Å². The van der Waals surface area contributed by atoms with Gasteiger partial charge in [-0.15, -0.1) is 10.1 Å². The fraction of sp³-hybridized carbons (Fsp3) is 0.240. The molecule has 0 amide bonds. The summed E-state index contributed by atoms with van der Waals surface area (Å²) < 4.78 is 35.5. The number of hydrogen-bond acceptors (Lipinski definition) is 8. The number of benzene rings is 2. The van der Waals surface area contributed by atoms with Crippen molar-refractivity contribution in [1.82, 2.24) is 0 Å². The van der Waals surface area contributed by atoms with Crippen LogP contribution in [0.4, 0.5) is 0 Å². The molecule has 2 aliphatic rings. The van der Waals surface area contributed by atoms with E-state index >= 15 is 0 Å². The highest BCUT2D eigenvalue weighted by atomic mass is 32.2. The van der Waals surface area contributed by atoms with Gasteiger partial charge in [0.2, 0.25) is 0 Å². The van der Waals surface area contributed by atoms with Crippen LogP contribution in [-0.4, -0.2) is 38.6 Å². The molecule has 1 aliphatic carbocycles. The van der Waals surface area contributed by atoms with Crippen LogP contribution in [0.25, 0.3) is 11.1 Å². The van der Waals surface area contributed by atoms with Gasteiger partial charge in [-0.2, -0.15) is 0 Å². The molecule has 9 nitrogen and oxygen atoms in total. The highest BCUT2D eigenvalue weighted by Gasteiger charge is 2.38. The number of ether oxygens (including phenoxy) is 2. The van der Waals surface area contributed by atoms with E-state index in [0.717, 1.165) is 6.26 Å². The van der Waals surface area contributed by atoms with Crippen LogP contribution in [0.3, 0.4) is 0 Å². The number of esters is 1. The zero-order valence-electron chi connectivity index (χ0n) is 19.0. The van der Waals surface area contributed by atoms with Crippen molar-refractivity contribution in [3.05, 3.63) is 99.3 Å². The zero-order chi connectivity index (χ0) is 25.2.